The fourth-order valence-electron chi connectivity index (χ4n) is 2.22. The van der Waals surface area contributed by atoms with Gasteiger partial charge in [-0.2, -0.15) is 15.3 Å². The van der Waals surface area contributed by atoms with Crippen molar-refractivity contribution >= 4 is 45.7 Å². The molecule has 124 valence electrons. The molecule has 0 aliphatic heterocycles. The Bertz CT molecular complexity index is 1120. The van der Waals surface area contributed by atoms with Crippen LogP contribution in [0, 0.1) is 0 Å². The Balaban J connectivity index is 1.50. The SMILES string of the molecule is O=C(N/N=C/c1ccc(-c2cccs2)s1)c1n[nH]c(=O)c2[nH]ncc12. The molecule has 10 heteroatoms. The lowest BCUT2D eigenvalue weighted by Gasteiger charge is -1.99. The second-order valence-corrected chi connectivity index (χ2v) is 7.00. The van der Waals surface area contributed by atoms with Crippen molar-refractivity contribution in [2.75, 3.05) is 0 Å². The predicted molar refractivity (Wildman–Crippen MR) is 97.2 cm³/mol. The third-order valence-corrected chi connectivity index (χ3v) is 5.44. The summed E-state index contributed by atoms with van der Waals surface area (Å²) < 4.78 is 0. The largest absolute Gasteiger partial charge is 0.292 e. The maximum atomic E-state index is 12.2. The van der Waals surface area contributed by atoms with Crippen LogP contribution in [0.5, 0.6) is 0 Å². The molecular formula is C15H10N6O2S2. The number of fused-ring (bicyclic) bond motifs is 1. The van der Waals surface area contributed by atoms with E-state index in [-0.39, 0.29) is 11.2 Å². The van der Waals surface area contributed by atoms with Gasteiger partial charge in [-0.3, -0.25) is 14.7 Å². The average Bonchev–Trinajstić information content (AvgIpc) is 3.36. The second kappa shape index (κ2) is 6.42. The van der Waals surface area contributed by atoms with E-state index in [4.69, 9.17) is 0 Å². The van der Waals surface area contributed by atoms with E-state index >= 15 is 0 Å². The zero-order valence-corrected chi connectivity index (χ0v) is 14.1. The van der Waals surface area contributed by atoms with Gasteiger partial charge in [0.05, 0.1) is 17.8 Å². The van der Waals surface area contributed by atoms with E-state index in [2.05, 4.69) is 37.0 Å². The minimum absolute atomic E-state index is 0.0472. The second-order valence-electron chi connectivity index (χ2n) is 4.94. The van der Waals surface area contributed by atoms with Crippen LogP contribution >= 0.6 is 22.7 Å². The number of aromatic amines is 2. The number of carbonyl (C=O) groups excluding carboxylic acids is 1. The summed E-state index contributed by atoms with van der Waals surface area (Å²) >= 11 is 3.24. The Hall–Kier alpha value is -3.11. The lowest BCUT2D eigenvalue weighted by Crippen LogP contribution is -2.22. The lowest BCUT2D eigenvalue weighted by molar-refractivity contribution is 0.0951. The molecule has 0 aliphatic carbocycles. The zero-order chi connectivity index (χ0) is 17.2. The van der Waals surface area contributed by atoms with Gasteiger partial charge in [-0.1, -0.05) is 6.07 Å². The van der Waals surface area contributed by atoms with Crippen molar-refractivity contribution in [2.45, 2.75) is 0 Å². The molecule has 0 saturated carbocycles. The highest BCUT2D eigenvalue weighted by atomic mass is 32.1. The smallest absolute Gasteiger partial charge is 0.272 e. The molecule has 0 bridgehead atoms. The van der Waals surface area contributed by atoms with Gasteiger partial charge >= 0.3 is 0 Å². The van der Waals surface area contributed by atoms with Crippen LogP contribution in [0.4, 0.5) is 0 Å². The van der Waals surface area contributed by atoms with Gasteiger partial charge in [0.2, 0.25) is 0 Å². The minimum atomic E-state index is -0.533. The number of thiophene rings is 2. The summed E-state index contributed by atoms with van der Waals surface area (Å²) in [4.78, 5) is 27.0. The number of nitrogens with one attached hydrogen (secondary N) is 3. The highest BCUT2D eigenvalue weighted by Gasteiger charge is 2.15. The molecule has 0 saturated heterocycles. The van der Waals surface area contributed by atoms with Crippen molar-refractivity contribution in [1.82, 2.24) is 25.8 Å². The maximum Gasteiger partial charge on any atom is 0.292 e. The van der Waals surface area contributed by atoms with Crippen LogP contribution in [0.2, 0.25) is 0 Å². The Morgan fingerprint density at radius 3 is 3.00 bits per heavy atom. The van der Waals surface area contributed by atoms with Crippen LogP contribution in [0.1, 0.15) is 15.4 Å². The summed E-state index contributed by atoms with van der Waals surface area (Å²) in [7, 11) is 0. The molecular weight excluding hydrogens is 360 g/mol. The van der Waals surface area contributed by atoms with E-state index < -0.39 is 11.5 Å². The van der Waals surface area contributed by atoms with Gasteiger partial charge in [-0.25, -0.2) is 10.5 Å². The third kappa shape index (κ3) is 2.99. The normalized spacial score (nSPS) is 11.4. The first-order valence-corrected chi connectivity index (χ1v) is 8.81. The van der Waals surface area contributed by atoms with Crippen molar-refractivity contribution in [3.63, 3.8) is 0 Å². The van der Waals surface area contributed by atoms with Crippen LogP contribution in [0.15, 0.2) is 45.7 Å². The maximum absolute atomic E-state index is 12.2. The topological polar surface area (TPSA) is 116 Å². The first kappa shape index (κ1) is 15.4. The fourth-order valence-corrected chi connectivity index (χ4v) is 3.93. The molecule has 0 unspecified atom stereocenters. The summed E-state index contributed by atoms with van der Waals surface area (Å²) in [6, 6.07) is 8.00. The van der Waals surface area contributed by atoms with Gasteiger partial charge < -0.3 is 0 Å². The fraction of sp³-hybridized carbons (Fsp3) is 0. The van der Waals surface area contributed by atoms with Crippen molar-refractivity contribution in [2.24, 2.45) is 5.10 Å². The Labute approximate surface area is 148 Å². The Morgan fingerprint density at radius 1 is 1.24 bits per heavy atom. The number of amides is 1. The molecule has 0 spiro atoms. The molecule has 1 amide bonds. The molecule has 0 aromatic carbocycles. The van der Waals surface area contributed by atoms with Crippen LogP contribution < -0.4 is 11.0 Å². The Kier molecular flexibility index (Phi) is 3.96. The molecule has 0 fully saturated rings. The lowest BCUT2D eigenvalue weighted by atomic mass is 10.2. The van der Waals surface area contributed by atoms with E-state index in [0.717, 1.165) is 9.75 Å². The van der Waals surface area contributed by atoms with E-state index in [1.165, 1.54) is 11.1 Å². The first-order valence-electron chi connectivity index (χ1n) is 7.11. The minimum Gasteiger partial charge on any atom is -0.272 e. The van der Waals surface area contributed by atoms with Crippen LogP contribution in [-0.4, -0.2) is 32.5 Å². The number of hydrogen-bond donors (Lipinski definition) is 3. The molecule has 3 N–H and O–H groups in total. The quantitative estimate of drug-likeness (QED) is 0.377. The molecule has 4 aromatic heterocycles. The van der Waals surface area contributed by atoms with Gasteiger partial charge in [0, 0.05) is 14.6 Å². The zero-order valence-electron chi connectivity index (χ0n) is 12.5. The van der Waals surface area contributed by atoms with Crippen LogP contribution in [0.3, 0.4) is 0 Å². The summed E-state index contributed by atoms with van der Waals surface area (Å²) in [5.41, 5.74) is 2.21. The van der Waals surface area contributed by atoms with Crippen molar-refractivity contribution in [3.8, 4) is 9.75 Å². The van der Waals surface area contributed by atoms with E-state index in [9.17, 15) is 9.59 Å². The van der Waals surface area contributed by atoms with E-state index in [1.807, 2.05) is 23.6 Å². The monoisotopic (exact) mass is 370 g/mol. The molecule has 25 heavy (non-hydrogen) atoms. The number of carbonyl (C=O) groups is 1. The highest BCUT2D eigenvalue weighted by molar-refractivity contribution is 7.22. The molecule has 4 aromatic rings. The molecule has 4 heterocycles. The van der Waals surface area contributed by atoms with Gasteiger partial charge in [0.1, 0.15) is 5.52 Å². The average molecular weight is 370 g/mol. The van der Waals surface area contributed by atoms with Gasteiger partial charge in [-0.05, 0) is 23.6 Å². The number of aromatic nitrogens is 4. The van der Waals surface area contributed by atoms with E-state index in [1.54, 1.807) is 28.9 Å². The van der Waals surface area contributed by atoms with Crippen LogP contribution in [-0.2, 0) is 0 Å². The van der Waals surface area contributed by atoms with E-state index in [0.29, 0.717) is 5.39 Å². The molecule has 0 radical (unpaired) electrons. The van der Waals surface area contributed by atoms with Crippen molar-refractivity contribution < 1.29 is 4.79 Å². The van der Waals surface area contributed by atoms with Gasteiger partial charge in [-0.15, -0.1) is 22.7 Å². The molecule has 4 rings (SSSR count). The summed E-state index contributed by atoms with van der Waals surface area (Å²) in [6.07, 6.45) is 2.95. The molecule has 0 atom stereocenters. The third-order valence-electron chi connectivity index (χ3n) is 3.35. The van der Waals surface area contributed by atoms with Crippen LogP contribution in [0.25, 0.3) is 20.7 Å². The Morgan fingerprint density at radius 2 is 2.16 bits per heavy atom. The van der Waals surface area contributed by atoms with Gasteiger partial charge in [0.25, 0.3) is 11.5 Å². The standard InChI is InChI=1S/C15H10N6O2S2/c22-14(13-9-7-17-18-12(9)15(23)21-19-13)20-16-6-8-3-4-11(25-8)10-2-1-5-24-10/h1-7H,(H,17,18)(H,20,22)(H,21,23)/b16-6+. The molecule has 8 nitrogen and oxygen atoms in total. The van der Waals surface area contributed by atoms with Crippen molar-refractivity contribution in [1.29, 1.82) is 0 Å². The molecule has 0 aliphatic rings. The number of H-pyrrole nitrogens is 2. The predicted octanol–water partition coefficient (Wildman–Crippen LogP) is 2.20. The van der Waals surface area contributed by atoms with Crippen molar-refractivity contribution in [3.05, 3.63) is 56.8 Å². The van der Waals surface area contributed by atoms with Gasteiger partial charge in [0.15, 0.2) is 5.69 Å². The number of nitrogens with zero attached hydrogens (tertiary/aromatic N) is 3. The first-order chi connectivity index (χ1) is 12.2. The number of hydrazone groups is 1. The number of hydrogen-bond acceptors (Lipinski definition) is 7. The number of rotatable bonds is 4. The summed E-state index contributed by atoms with van der Waals surface area (Å²) in [6.45, 7) is 0. The summed E-state index contributed by atoms with van der Waals surface area (Å²) in [5, 5.41) is 18.6. The highest BCUT2D eigenvalue weighted by Crippen LogP contribution is 2.30. The summed E-state index contributed by atoms with van der Waals surface area (Å²) in [5.74, 6) is -0.533.